The lowest BCUT2D eigenvalue weighted by Crippen LogP contribution is -2.44. The maximum Gasteiger partial charge on any atom is 0.266 e. The lowest BCUT2D eigenvalue weighted by Gasteiger charge is -2.25. The van der Waals surface area contributed by atoms with Crippen LogP contribution in [0.3, 0.4) is 0 Å². The molecular weight excluding hydrogens is 268 g/mol. The van der Waals surface area contributed by atoms with E-state index in [2.05, 4.69) is 20.4 Å². The van der Waals surface area contributed by atoms with Crippen molar-refractivity contribution in [3.05, 3.63) is 29.3 Å². The van der Waals surface area contributed by atoms with Crippen LogP contribution in [0, 0.1) is 0 Å². The van der Waals surface area contributed by atoms with E-state index in [-0.39, 0.29) is 5.78 Å². The topological polar surface area (TPSA) is 71.3 Å². The monoisotopic (exact) mass is 284 g/mol. The molecule has 1 aliphatic heterocycles. The average molecular weight is 284 g/mol. The molecule has 0 spiro atoms. The van der Waals surface area contributed by atoms with E-state index >= 15 is 0 Å². The first-order valence-corrected chi connectivity index (χ1v) is 7.28. The van der Waals surface area contributed by atoms with Gasteiger partial charge in [-0.05, 0) is 23.2 Å². The molecule has 1 N–H and O–H groups in total. The Morgan fingerprint density at radius 2 is 1.95 bits per heavy atom. The highest BCUT2D eigenvalue weighted by Crippen LogP contribution is 2.32. The molecule has 0 saturated carbocycles. The van der Waals surface area contributed by atoms with Crippen molar-refractivity contribution < 1.29 is 9.32 Å². The van der Waals surface area contributed by atoms with Crippen molar-refractivity contribution >= 4 is 11.7 Å². The summed E-state index contributed by atoms with van der Waals surface area (Å²) >= 11 is 0. The molecule has 1 fully saturated rings. The Morgan fingerprint density at radius 1 is 1.14 bits per heavy atom. The second-order valence-corrected chi connectivity index (χ2v) is 5.39. The van der Waals surface area contributed by atoms with Crippen LogP contribution in [0.25, 0.3) is 11.5 Å². The summed E-state index contributed by atoms with van der Waals surface area (Å²) in [5.74, 6) is 1.34. The van der Waals surface area contributed by atoms with E-state index < -0.39 is 0 Å². The van der Waals surface area contributed by atoms with Crippen molar-refractivity contribution in [1.29, 1.82) is 0 Å². The van der Waals surface area contributed by atoms with Gasteiger partial charge in [-0.25, -0.2) is 0 Å². The normalized spacial score (nSPS) is 18.1. The second-order valence-electron chi connectivity index (χ2n) is 5.39. The van der Waals surface area contributed by atoms with Crippen molar-refractivity contribution in [2.24, 2.45) is 0 Å². The first-order valence-electron chi connectivity index (χ1n) is 7.28. The Morgan fingerprint density at radius 3 is 2.81 bits per heavy atom. The number of ketones is 1. The van der Waals surface area contributed by atoms with Gasteiger partial charge >= 0.3 is 0 Å². The fraction of sp³-hybridized carbons (Fsp3) is 0.400. The number of anilines is 1. The smallest absolute Gasteiger partial charge is 0.266 e. The molecule has 21 heavy (non-hydrogen) atoms. The SMILES string of the molecule is O=C1CCc2c1cccc2-c1nc(N2CCNCC2)no1. The first-order chi connectivity index (χ1) is 10.3. The number of hydrogen-bond donors (Lipinski definition) is 1. The molecule has 2 aromatic rings. The third kappa shape index (κ3) is 2.12. The van der Waals surface area contributed by atoms with Crippen molar-refractivity contribution in [2.75, 3.05) is 31.1 Å². The number of carbonyl (C=O) groups excluding carboxylic acids is 1. The van der Waals surface area contributed by atoms with E-state index in [0.29, 0.717) is 18.3 Å². The molecule has 1 aromatic carbocycles. The van der Waals surface area contributed by atoms with Crippen molar-refractivity contribution in [1.82, 2.24) is 15.5 Å². The van der Waals surface area contributed by atoms with E-state index in [0.717, 1.165) is 49.3 Å². The lowest BCUT2D eigenvalue weighted by atomic mass is 10.0. The summed E-state index contributed by atoms with van der Waals surface area (Å²) in [7, 11) is 0. The quantitative estimate of drug-likeness (QED) is 0.895. The van der Waals surface area contributed by atoms with Gasteiger partial charge in [0.15, 0.2) is 5.78 Å². The van der Waals surface area contributed by atoms with Gasteiger partial charge in [-0.3, -0.25) is 4.79 Å². The zero-order valence-electron chi connectivity index (χ0n) is 11.6. The van der Waals surface area contributed by atoms with Crippen LogP contribution < -0.4 is 10.2 Å². The van der Waals surface area contributed by atoms with Crippen LogP contribution in [0.4, 0.5) is 5.95 Å². The fourth-order valence-electron chi connectivity index (χ4n) is 3.01. The van der Waals surface area contributed by atoms with E-state index in [4.69, 9.17) is 4.52 Å². The summed E-state index contributed by atoms with van der Waals surface area (Å²) in [6.07, 6.45) is 1.33. The zero-order valence-corrected chi connectivity index (χ0v) is 11.6. The molecule has 6 heteroatoms. The number of hydrogen-bond acceptors (Lipinski definition) is 6. The molecule has 0 bridgehead atoms. The Labute approximate surface area is 122 Å². The number of nitrogens with one attached hydrogen (secondary N) is 1. The molecule has 0 amide bonds. The fourth-order valence-corrected chi connectivity index (χ4v) is 3.01. The second kappa shape index (κ2) is 4.96. The summed E-state index contributed by atoms with van der Waals surface area (Å²) in [5, 5.41) is 7.38. The molecule has 2 aliphatic rings. The number of nitrogens with zero attached hydrogens (tertiary/aromatic N) is 3. The van der Waals surface area contributed by atoms with Gasteiger partial charge in [-0.2, -0.15) is 4.98 Å². The maximum atomic E-state index is 11.8. The Bertz CT molecular complexity index is 689. The highest BCUT2D eigenvalue weighted by atomic mass is 16.5. The minimum Gasteiger partial charge on any atom is -0.336 e. The molecule has 108 valence electrons. The van der Waals surface area contributed by atoms with Crippen molar-refractivity contribution in [2.45, 2.75) is 12.8 Å². The highest BCUT2D eigenvalue weighted by Gasteiger charge is 2.25. The van der Waals surface area contributed by atoms with Gasteiger partial charge < -0.3 is 14.7 Å². The standard InChI is InChI=1S/C15H16N4O2/c20-13-5-4-10-11(13)2-1-3-12(10)14-17-15(18-21-14)19-8-6-16-7-9-19/h1-3,16H,4-9H2. The van der Waals surface area contributed by atoms with Crippen LogP contribution in [0.15, 0.2) is 22.7 Å². The number of carbonyl (C=O) groups is 1. The molecular formula is C15H16N4O2. The van der Waals surface area contributed by atoms with Crippen molar-refractivity contribution in [3.8, 4) is 11.5 Å². The van der Waals surface area contributed by atoms with Gasteiger partial charge in [0.05, 0.1) is 0 Å². The van der Waals surface area contributed by atoms with Gasteiger partial charge in [-0.15, -0.1) is 0 Å². The van der Waals surface area contributed by atoms with Crippen LogP contribution >= 0.6 is 0 Å². The van der Waals surface area contributed by atoms with E-state index in [1.54, 1.807) is 0 Å². The molecule has 0 radical (unpaired) electrons. The van der Waals surface area contributed by atoms with E-state index in [1.165, 1.54) is 0 Å². The Hall–Kier alpha value is -2.21. The predicted octanol–water partition coefficient (Wildman–Crippen LogP) is 1.28. The summed E-state index contributed by atoms with van der Waals surface area (Å²) in [4.78, 5) is 18.4. The first kappa shape index (κ1) is 12.5. The largest absolute Gasteiger partial charge is 0.336 e. The number of fused-ring (bicyclic) bond motifs is 1. The molecule has 0 atom stereocenters. The minimum absolute atomic E-state index is 0.202. The van der Waals surface area contributed by atoms with Gasteiger partial charge in [0.2, 0.25) is 0 Å². The average Bonchev–Trinajstić information content (AvgIpc) is 3.16. The number of rotatable bonds is 2. The maximum absolute atomic E-state index is 11.8. The molecule has 0 unspecified atom stereocenters. The molecule has 4 rings (SSSR count). The molecule has 6 nitrogen and oxygen atoms in total. The highest BCUT2D eigenvalue weighted by molar-refractivity contribution is 6.02. The predicted molar refractivity (Wildman–Crippen MR) is 77.5 cm³/mol. The van der Waals surface area contributed by atoms with E-state index in [9.17, 15) is 4.79 Å². The van der Waals surface area contributed by atoms with Crippen LogP contribution in [0.2, 0.25) is 0 Å². The summed E-state index contributed by atoms with van der Waals surface area (Å²) < 4.78 is 5.43. The van der Waals surface area contributed by atoms with Crippen LogP contribution in [0.1, 0.15) is 22.3 Å². The number of aromatic nitrogens is 2. The summed E-state index contributed by atoms with van der Waals surface area (Å²) in [6.45, 7) is 3.62. The van der Waals surface area contributed by atoms with Crippen LogP contribution in [-0.4, -0.2) is 42.1 Å². The third-order valence-corrected chi connectivity index (χ3v) is 4.12. The van der Waals surface area contributed by atoms with Crippen molar-refractivity contribution in [3.63, 3.8) is 0 Å². The van der Waals surface area contributed by atoms with E-state index in [1.807, 2.05) is 18.2 Å². The summed E-state index contributed by atoms with van der Waals surface area (Å²) in [5.41, 5.74) is 2.74. The Balaban J connectivity index is 1.69. The molecule has 1 aromatic heterocycles. The van der Waals surface area contributed by atoms with Gasteiger partial charge in [0.1, 0.15) is 0 Å². The van der Waals surface area contributed by atoms with Gasteiger partial charge in [0.25, 0.3) is 11.8 Å². The lowest BCUT2D eigenvalue weighted by molar-refractivity contribution is 0.0994. The zero-order chi connectivity index (χ0) is 14.2. The van der Waals surface area contributed by atoms with Crippen LogP contribution in [-0.2, 0) is 6.42 Å². The number of piperazine rings is 1. The van der Waals surface area contributed by atoms with Gasteiger partial charge in [0, 0.05) is 43.7 Å². The molecule has 1 saturated heterocycles. The van der Waals surface area contributed by atoms with Gasteiger partial charge in [-0.1, -0.05) is 12.1 Å². The number of Topliss-reactive ketones (excluding diaryl/α,β-unsaturated/α-hetero) is 1. The number of benzene rings is 1. The minimum atomic E-state index is 0.202. The third-order valence-electron chi connectivity index (χ3n) is 4.12. The Kier molecular flexibility index (Phi) is 2.96. The molecule has 2 heterocycles. The van der Waals surface area contributed by atoms with Crippen LogP contribution in [0.5, 0.6) is 0 Å². The molecule has 1 aliphatic carbocycles. The summed E-state index contributed by atoms with van der Waals surface area (Å²) in [6, 6.07) is 5.71.